The molecule has 2 fully saturated rings. The first-order valence-electron chi connectivity index (χ1n) is 8.17. The third kappa shape index (κ3) is 4.43. The maximum absolute atomic E-state index is 12.1. The van der Waals surface area contributed by atoms with Gasteiger partial charge in [-0.05, 0) is 25.7 Å². The van der Waals surface area contributed by atoms with Crippen molar-refractivity contribution in [3.63, 3.8) is 0 Å². The molecule has 3 atom stereocenters. The molecule has 0 saturated heterocycles. The van der Waals surface area contributed by atoms with Gasteiger partial charge >= 0.3 is 0 Å². The molecule has 130 valence electrons. The van der Waals surface area contributed by atoms with Crippen molar-refractivity contribution in [3.05, 3.63) is 11.7 Å². The fraction of sp³-hybridized carbons (Fsp3) is 0.800. The van der Waals surface area contributed by atoms with Crippen LogP contribution in [0.2, 0.25) is 0 Å². The highest BCUT2D eigenvalue weighted by atomic mass is 35.5. The number of halogens is 1. The highest BCUT2D eigenvalue weighted by Crippen LogP contribution is 2.30. The smallest absolute Gasteiger partial charge is 0.246 e. The predicted molar refractivity (Wildman–Crippen MR) is 85.9 cm³/mol. The van der Waals surface area contributed by atoms with E-state index in [0.717, 1.165) is 18.7 Å². The minimum atomic E-state index is -0.586. The van der Waals surface area contributed by atoms with Gasteiger partial charge in [0.2, 0.25) is 11.8 Å². The molecular weight excluding hydrogens is 320 g/mol. The van der Waals surface area contributed by atoms with Gasteiger partial charge in [0, 0.05) is 17.9 Å². The molecule has 1 amide bonds. The lowest BCUT2D eigenvalue weighted by atomic mass is 9.89. The van der Waals surface area contributed by atoms with Crippen molar-refractivity contribution >= 4 is 18.3 Å². The summed E-state index contributed by atoms with van der Waals surface area (Å²) in [6.07, 6.45) is 6.30. The van der Waals surface area contributed by atoms with Gasteiger partial charge in [0.1, 0.15) is 0 Å². The van der Waals surface area contributed by atoms with Gasteiger partial charge in [0.15, 0.2) is 5.82 Å². The normalized spacial score (nSPS) is 28.3. The molecule has 2 aliphatic rings. The highest BCUT2D eigenvalue weighted by molar-refractivity contribution is 5.85. The summed E-state index contributed by atoms with van der Waals surface area (Å²) in [5, 5.41) is 16.4. The number of rotatable bonds is 4. The molecular formula is C15H25ClN4O3. The number of aromatic nitrogens is 2. The molecule has 7 nitrogen and oxygen atoms in total. The molecule has 2 saturated carbocycles. The summed E-state index contributed by atoms with van der Waals surface area (Å²) in [4.78, 5) is 16.4. The average molecular weight is 345 g/mol. The molecule has 0 unspecified atom stereocenters. The van der Waals surface area contributed by atoms with Crippen molar-refractivity contribution < 1.29 is 14.4 Å². The number of nitrogens with zero attached hydrogens (tertiary/aromatic N) is 2. The van der Waals surface area contributed by atoms with Gasteiger partial charge in [0.25, 0.3) is 0 Å². The summed E-state index contributed by atoms with van der Waals surface area (Å²) in [5.74, 6) is 1.26. The Kier molecular flexibility index (Phi) is 6.38. The molecule has 0 aliphatic heterocycles. The molecule has 1 heterocycles. The van der Waals surface area contributed by atoms with E-state index in [-0.39, 0.29) is 36.8 Å². The number of hydrogen-bond donors (Lipinski definition) is 3. The van der Waals surface area contributed by atoms with E-state index in [0.29, 0.717) is 24.7 Å². The Bertz CT molecular complexity index is 509. The van der Waals surface area contributed by atoms with E-state index >= 15 is 0 Å². The van der Waals surface area contributed by atoms with Crippen molar-refractivity contribution in [2.75, 3.05) is 0 Å². The van der Waals surface area contributed by atoms with Crippen molar-refractivity contribution in [2.45, 2.75) is 69.6 Å². The van der Waals surface area contributed by atoms with Crippen LogP contribution < -0.4 is 11.1 Å². The van der Waals surface area contributed by atoms with Crippen molar-refractivity contribution in [3.8, 4) is 0 Å². The van der Waals surface area contributed by atoms with E-state index in [1.807, 2.05) is 0 Å². The summed E-state index contributed by atoms with van der Waals surface area (Å²) < 4.78 is 5.22. The topological polar surface area (TPSA) is 114 Å². The summed E-state index contributed by atoms with van der Waals surface area (Å²) >= 11 is 0. The zero-order chi connectivity index (χ0) is 15.5. The molecule has 3 rings (SSSR count). The Morgan fingerprint density at radius 1 is 1.30 bits per heavy atom. The van der Waals surface area contributed by atoms with Crippen LogP contribution in [0.25, 0.3) is 0 Å². The number of nitrogens with one attached hydrogen (secondary N) is 1. The van der Waals surface area contributed by atoms with Crippen LogP contribution in [-0.4, -0.2) is 33.3 Å². The van der Waals surface area contributed by atoms with Gasteiger partial charge in [-0.25, -0.2) is 0 Å². The average Bonchev–Trinajstić information content (AvgIpc) is 3.13. The Morgan fingerprint density at radius 2 is 2.04 bits per heavy atom. The summed E-state index contributed by atoms with van der Waals surface area (Å²) in [5.41, 5.74) is 5.73. The van der Waals surface area contributed by atoms with E-state index in [1.165, 1.54) is 19.3 Å². The minimum Gasteiger partial charge on any atom is -0.391 e. The third-order valence-corrected chi connectivity index (χ3v) is 4.82. The number of hydrogen-bond acceptors (Lipinski definition) is 6. The van der Waals surface area contributed by atoms with Gasteiger partial charge < -0.3 is 20.7 Å². The van der Waals surface area contributed by atoms with Crippen LogP contribution in [0.3, 0.4) is 0 Å². The van der Waals surface area contributed by atoms with Gasteiger partial charge in [-0.15, -0.1) is 12.4 Å². The van der Waals surface area contributed by atoms with Crippen LogP contribution in [0.15, 0.2) is 4.52 Å². The molecule has 8 heteroatoms. The zero-order valence-corrected chi connectivity index (χ0v) is 13.9. The molecule has 23 heavy (non-hydrogen) atoms. The molecule has 1 aromatic rings. The van der Waals surface area contributed by atoms with Gasteiger partial charge in [-0.2, -0.15) is 4.98 Å². The van der Waals surface area contributed by atoms with Crippen LogP contribution in [0, 0.1) is 5.92 Å². The second-order valence-electron chi connectivity index (χ2n) is 6.50. The van der Waals surface area contributed by atoms with Crippen LogP contribution >= 0.6 is 12.4 Å². The first-order chi connectivity index (χ1) is 10.6. The maximum atomic E-state index is 12.1. The summed E-state index contributed by atoms with van der Waals surface area (Å²) in [6, 6.07) is -0.308. The number of carbonyl (C=O) groups excluding carboxylic acids is 1. The van der Waals surface area contributed by atoms with E-state index in [2.05, 4.69) is 15.5 Å². The highest BCUT2D eigenvalue weighted by Gasteiger charge is 2.34. The van der Waals surface area contributed by atoms with E-state index in [4.69, 9.17) is 10.3 Å². The van der Waals surface area contributed by atoms with Gasteiger partial charge in [-0.3, -0.25) is 4.79 Å². The molecule has 2 aliphatic carbocycles. The number of carbonyl (C=O) groups is 1. The van der Waals surface area contributed by atoms with E-state index < -0.39 is 6.10 Å². The monoisotopic (exact) mass is 344 g/mol. The Hall–Kier alpha value is -1.18. The SMILES string of the molecule is Cl.N[C@@H]1C[C@H](C(=O)NCc2nc(C3CCCCC3)no2)C[C@H]1O. The number of nitrogens with two attached hydrogens (primary N) is 1. The van der Waals surface area contributed by atoms with Crippen molar-refractivity contribution in [2.24, 2.45) is 11.7 Å². The molecule has 4 N–H and O–H groups in total. The fourth-order valence-corrected chi connectivity index (χ4v) is 3.44. The number of aliphatic hydroxyl groups excluding tert-OH is 1. The largest absolute Gasteiger partial charge is 0.391 e. The van der Waals surface area contributed by atoms with E-state index in [9.17, 15) is 9.90 Å². The Morgan fingerprint density at radius 3 is 2.70 bits per heavy atom. The maximum Gasteiger partial charge on any atom is 0.246 e. The predicted octanol–water partition coefficient (Wildman–Crippen LogP) is 1.25. The first kappa shape index (κ1) is 18.2. The Labute approximate surface area is 141 Å². The molecule has 0 bridgehead atoms. The van der Waals surface area contributed by atoms with Gasteiger partial charge in [0.05, 0.1) is 12.6 Å². The lowest BCUT2D eigenvalue weighted by Gasteiger charge is -2.17. The van der Waals surface area contributed by atoms with Crippen molar-refractivity contribution in [1.29, 1.82) is 0 Å². The summed E-state index contributed by atoms with van der Waals surface area (Å²) in [6.45, 7) is 0.236. The quantitative estimate of drug-likeness (QED) is 0.757. The number of amides is 1. The van der Waals surface area contributed by atoms with E-state index in [1.54, 1.807) is 0 Å². The van der Waals surface area contributed by atoms with Crippen LogP contribution in [0.5, 0.6) is 0 Å². The zero-order valence-electron chi connectivity index (χ0n) is 13.1. The second-order valence-corrected chi connectivity index (χ2v) is 6.50. The standard InChI is InChI=1S/C15H24N4O3.ClH/c16-11-6-10(7-12(11)20)15(21)17-8-13-18-14(19-22-13)9-4-2-1-3-5-9;/h9-12,20H,1-8,16H2,(H,17,21);1H/t10-,11+,12+;/m0./s1. The first-order valence-corrected chi connectivity index (χ1v) is 8.17. The molecule has 0 aromatic carbocycles. The lowest BCUT2D eigenvalue weighted by molar-refractivity contribution is -0.125. The van der Waals surface area contributed by atoms with Crippen LogP contribution in [0.1, 0.15) is 62.6 Å². The number of aliphatic hydroxyl groups is 1. The second kappa shape index (κ2) is 8.08. The molecule has 1 aromatic heterocycles. The van der Waals surface area contributed by atoms with Gasteiger partial charge in [-0.1, -0.05) is 24.4 Å². The molecule has 0 spiro atoms. The van der Waals surface area contributed by atoms with Crippen molar-refractivity contribution in [1.82, 2.24) is 15.5 Å². The minimum absolute atomic E-state index is 0. The fourth-order valence-electron chi connectivity index (χ4n) is 3.44. The lowest BCUT2D eigenvalue weighted by Crippen LogP contribution is -2.30. The van der Waals surface area contributed by atoms with Crippen LogP contribution in [-0.2, 0) is 11.3 Å². The molecule has 0 radical (unpaired) electrons. The third-order valence-electron chi connectivity index (χ3n) is 4.82. The van der Waals surface area contributed by atoms with Crippen LogP contribution in [0.4, 0.5) is 0 Å². The Balaban J connectivity index is 0.00000192. The summed E-state index contributed by atoms with van der Waals surface area (Å²) in [7, 11) is 0.